The van der Waals surface area contributed by atoms with Gasteiger partial charge in [0, 0.05) is 44.2 Å². The number of halogens is 4. The number of alkyl halides is 3. The highest BCUT2D eigenvalue weighted by Gasteiger charge is 2.33. The zero-order valence-electron chi connectivity index (χ0n) is 19.2. The van der Waals surface area contributed by atoms with Crippen LogP contribution in [-0.2, 0) is 29.0 Å². The lowest BCUT2D eigenvalue weighted by atomic mass is 10.0. The Morgan fingerprint density at radius 1 is 0.943 bits per heavy atom. The van der Waals surface area contributed by atoms with Crippen molar-refractivity contribution in [2.45, 2.75) is 30.1 Å². The molecule has 0 saturated carbocycles. The van der Waals surface area contributed by atoms with E-state index < -0.39 is 21.6 Å². The Morgan fingerprint density at radius 3 is 2.34 bits per heavy atom. The van der Waals surface area contributed by atoms with E-state index in [4.69, 9.17) is 11.6 Å². The Balaban J connectivity index is 1.58. The molecule has 0 spiro atoms. The summed E-state index contributed by atoms with van der Waals surface area (Å²) >= 11 is 5.96. The van der Waals surface area contributed by atoms with E-state index in [2.05, 4.69) is 21.9 Å². The van der Waals surface area contributed by atoms with E-state index in [0.29, 0.717) is 31.7 Å². The largest absolute Gasteiger partial charge is 0.417 e. The maximum Gasteiger partial charge on any atom is 0.417 e. The smallest absolute Gasteiger partial charge is 0.369 e. The van der Waals surface area contributed by atoms with Crippen LogP contribution in [0.15, 0.2) is 77.7 Å². The normalized spacial score (nSPS) is 17.5. The molecule has 0 aliphatic carbocycles. The number of sulfone groups is 1. The van der Waals surface area contributed by atoms with Gasteiger partial charge in [0.25, 0.3) is 0 Å². The zero-order valence-corrected chi connectivity index (χ0v) is 20.7. The first-order valence-corrected chi connectivity index (χ1v) is 13.5. The van der Waals surface area contributed by atoms with Crippen LogP contribution < -0.4 is 4.90 Å². The van der Waals surface area contributed by atoms with Crippen molar-refractivity contribution < 1.29 is 21.6 Å². The van der Waals surface area contributed by atoms with Crippen molar-refractivity contribution in [3.8, 4) is 0 Å². The maximum atomic E-state index is 13.1. The van der Waals surface area contributed by atoms with E-state index >= 15 is 0 Å². The van der Waals surface area contributed by atoms with Crippen LogP contribution in [0.3, 0.4) is 0 Å². The number of benzene rings is 3. The quantitative estimate of drug-likeness (QED) is 0.416. The fraction of sp³-hybridized carbons (Fsp3) is 0.308. The molecule has 3 aromatic rings. The number of nitrogens with zero attached hydrogens (tertiary/aromatic N) is 2. The molecule has 1 aliphatic heterocycles. The molecule has 186 valence electrons. The number of piperazine rings is 1. The summed E-state index contributed by atoms with van der Waals surface area (Å²) in [6.07, 6.45) is -2.55. The summed E-state index contributed by atoms with van der Waals surface area (Å²) in [5.41, 5.74) is 1.87. The average Bonchev–Trinajstić information content (AvgIpc) is 2.80. The molecule has 0 N–H and O–H groups in total. The summed E-state index contributed by atoms with van der Waals surface area (Å²) in [5, 5.41) is -0.300. The monoisotopic (exact) mass is 522 g/mol. The lowest BCUT2D eigenvalue weighted by Crippen LogP contribution is -2.53. The molecule has 4 nitrogen and oxygen atoms in total. The van der Waals surface area contributed by atoms with E-state index in [1.165, 1.54) is 18.4 Å². The van der Waals surface area contributed by atoms with Gasteiger partial charge in [0.05, 0.1) is 15.5 Å². The van der Waals surface area contributed by atoms with Gasteiger partial charge in [-0.15, -0.1) is 0 Å². The van der Waals surface area contributed by atoms with Crippen LogP contribution in [0.2, 0.25) is 5.02 Å². The molecule has 0 radical (unpaired) electrons. The molecule has 9 heteroatoms. The molecule has 1 unspecified atom stereocenters. The minimum atomic E-state index is -4.49. The average molecular weight is 523 g/mol. The van der Waals surface area contributed by atoms with Gasteiger partial charge in [-0.25, -0.2) is 8.42 Å². The Hall–Kier alpha value is -2.55. The van der Waals surface area contributed by atoms with E-state index in [1.807, 2.05) is 24.3 Å². The molecule has 4 rings (SSSR count). The van der Waals surface area contributed by atoms with Crippen molar-refractivity contribution in [1.82, 2.24) is 4.90 Å². The lowest BCUT2D eigenvalue weighted by Gasteiger charge is -2.43. The van der Waals surface area contributed by atoms with E-state index in [1.54, 1.807) is 18.2 Å². The van der Waals surface area contributed by atoms with Crippen molar-refractivity contribution >= 4 is 27.1 Å². The molecular formula is C26H26ClF3N2O2S. The predicted octanol–water partition coefficient (Wildman–Crippen LogP) is 5.70. The van der Waals surface area contributed by atoms with Gasteiger partial charge >= 0.3 is 6.18 Å². The maximum absolute atomic E-state index is 13.1. The highest BCUT2D eigenvalue weighted by atomic mass is 35.5. The SMILES string of the molecule is CS(=O)(=O)c1cccc(N2CCN(Cc3ccc(C(F)(F)F)c(Cl)c3)C(Cc3ccccc3)C2)c1. The third kappa shape index (κ3) is 6.37. The molecule has 3 aromatic carbocycles. The van der Waals surface area contributed by atoms with E-state index in [9.17, 15) is 21.6 Å². The zero-order chi connectivity index (χ0) is 25.2. The molecule has 0 bridgehead atoms. The minimum absolute atomic E-state index is 0.0640. The summed E-state index contributed by atoms with van der Waals surface area (Å²) in [6, 6.07) is 20.9. The highest BCUT2D eigenvalue weighted by Crippen LogP contribution is 2.35. The topological polar surface area (TPSA) is 40.6 Å². The van der Waals surface area contributed by atoms with Crippen LogP contribution in [0.1, 0.15) is 16.7 Å². The Kier molecular flexibility index (Phi) is 7.45. The van der Waals surface area contributed by atoms with Gasteiger partial charge in [-0.1, -0.05) is 54.1 Å². The van der Waals surface area contributed by atoms with Gasteiger partial charge in [-0.3, -0.25) is 4.90 Å². The Morgan fingerprint density at radius 2 is 1.69 bits per heavy atom. The molecule has 0 amide bonds. The van der Waals surface area contributed by atoms with Gasteiger partial charge in [-0.05, 0) is 47.9 Å². The molecule has 1 heterocycles. The summed E-state index contributed by atoms with van der Waals surface area (Å²) in [7, 11) is -3.33. The lowest BCUT2D eigenvalue weighted by molar-refractivity contribution is -0.137. The van der Waals surface area contributed by atoms with Gasteiger partial charge in [0.2, 0.25) is 0 Å². The van der Waals surface area contributed by atoms with Crippen molar-refractivity contribution in [2.75, 3.05) is 30.8 Å². The number of hydrogen-bond donors (Lipinski definition) is 0. The van der Waals surface area contributed by atoms with Gasteiger partial charge in [0.1, 0.15) is 0 Å². The molecule has 1 aliphatic rings. The Labute approximate surface area is 208 Å². The van der Waals surface area contributed by atoms with Crippen LogP contribution in [0, 0.1) is 0 Å². The fourth-order valence-electron chi connectivity index (χ4n) is 4.45. The van der Waals surface area contributed by atoms with Crippen LogP contribution in [0.4, 0.5) is 18.9 Å². The second-order valence-corrected chi connectivity index (χ2v) is 11.3. The van der Waals surface area contributed by atoms with Gasteiger partial charge in [-0.2, -0.15) is 13.2 Å². The molecule has 1 fully saturated rings. The second kappa shape index (κ2) is 10.2. The van der Waals surface area contributed by atoms with Crippen molar-refractivity contribution in [3.63, 3.8) is 0 Å². The third-order valence-electron chi connectivity index (χ3n) is 6.25. The van der Waals surface area contributed by atoms with Gasteiger partial charge < -0.3 is 4.90 Å². The molecule has 0 aromatic heterocycles. The first-order chi connectivity index (χ1) is 16.5. The molecular weight excluding hydrogens is 497 g/mol. The van der Waals surface area contributed by atoms with Crippen LogP contribution in [0.25, 0.3) is 0 Å². The molecule has 35 heavy (non-hydrogen) atoms. The van der Waals surface area contributed by atoms with Crippen molar-refractivity contribution in [2.24, 2.45) is 0 Å². The fourth-order valence-corrected chi connectivity index (χ4v) is 5.42. The van der Waals surface area contributed by atoms with Gasteiger partial charge in [0.15, 0.2) is 9.84 Å². The summed E-state index contributed by atoms with van der Waals surface area (Å²) in [5.74, 6) is 0. The number of anilines is 1. The highest BCUT2D eigenvalue weighted by molar-refractivity contribution is 7.90. The molecule has 1 saturated heterocycles. The van der Waals surface area contributed by atoms with Crippen LogP contribution in [-0.4, -0.2) is 45.2 Å². The number of hydrogen-bond acceptors (Lipinski definition) is 4. The van der Waals surface area contributed by atoms with Crippen molar-refractivity contribution in [1.29, 1.82) is 0 Å². The molecule has 1 atom stereocenters. The summed E-state index contributed by atoms with van der Waals surface area (Å²) in [4.78, 5) is 4.69. The van der Waals surface area contributed by atoms with Crippen LogP contribution >= 0.6 is 11.6 Å². The first kappa shape index (κ1) is 25.5. The van der Waals surface area contributed by atoms with E-state index in [-0.39, 0.29) is 16.0 Å². The standard InChI is InChI=1S/C26H26ClF3N2O2S/c1-35(33,34)23-9-5-8-21(16-23)32-13-12-31(22(18-32)14-19-6-3-2-4-7-19)17-20-10-11-24(25(27)15-20)26(28,29)30/h2-11,15-16,22H,12-14,17-18H2,1H3. The summed E-state index contributed by atoms with van der Waals surface area (Å²) in [6.45, 7) is 2.44. The Bertz CT molecular complexity index is 1280. The minimum Gasteiger partial charge on any atom is -0.369 e. The van der Waals surface area contributed by atoms with Crippen molar-refractivity contribution in [3.05, 3.63) is 94.5 Å². The van der Waals surface area contributed by atoms with E-state index in [0.717, 1.165) is 23.7 Å². The third-order valence-corrected chi connectivity index (χ3v) is 7.68. The van der Waals surface area contributed by atoms with Crippen LogP contribution in [0.5, 0.6) is 0 Å². The second-order valence-electron chi connectivity index (χ2n) is 8.84. The first-order valence-electron chi connectivity index (χ1n) is 11.2. The predicted molar refractivity (Wildman–Crippen MR) is 133 cm³/mol. The summed E-state index contributed by atoms with van der Waals surface area (Å²) < 4.78 is 63.4. The number of rotatable bonds is 6.